The van der Waals surface area contributed by atoms with Crippen molar-refractivity contribution in [1.82, 2.24) is 0 Å². The lowest BCUT2D eigenvalue weighted by atomic mass is 9.98. The number of carbonyl (C=O) groups is 2. The van der Waals surface area contributed by atoms with E-state index in [0.29, 0.717) is 17.6 Å². The highest BCUT2D eigenvalue weighted by Gasteiger charge is 2.75. The fraction of sp³-hybridized carbons (Fsp3) is 0.778. The van der Waals surface area contributed by atoms with Gasteiger partial charge in [0.25, 0.3) is 0 Å². The predicted molar refractivity (Wildman–Crippen MR) is 39.1 cm³/mol. The van der Waals surface area contributed by atoms with Crippen LogP contribution in [0.4, 0.5) is 0 Å². The maximum atomic E-state index is 11.4. The van der Waals surface area contributed by atoms with Gasteiger partial charge in [0.2, 0.25) is 0 Å². The Morgan fingerprint density at radius 2 is 2.33 bits per heavy atom. The zero-order valence-corrected chi connectivity index (χ0v) is 6.82. The summed E-state index contributed by atoms with van der Waals surface area (Å²) in [5, 5.41) is 0. The van der Waals surface area contributed by atoms with Crippen LogP contribution in [0.15, 0.2) is 0 Å². The van der Waals surface area contributed by atoms with Crippen LogP contribution in [0, 0.1) is 29.6 Å². The number of rotatable bonds is 1. The van der Waals surface area contributed by atoms with Gasteiger partial charge in [0, 0.05) is 11.8 Å². The van der Waals surface area contributed by atoms with E-state index in [-0.39, 0.29) is 23.7 Å². The molecule has 3 nitrogen and oxygen atoms in total. The van der Waals surface area contributed by atoms with Gasteiger partial charge in [-0.15, -0.1) is 0 Å². The molecule has 0 saturated heterocycles. The van der Waals surface area contributed by atoms with Crippen LogP contribution in [-0.2, 0) is 14.3 Å². The molecule has 4 bridgehead atoms. The molecule has 0 spiro atoms. The normalized spacial score (nSPS) is 52.8. The van der Waals surface area contributed by atoms with Crippen molar-refractivity contribution in [2.24, 2.45) is 29.6 Å². The standard InChI is InChI=1S/C9H10O3/c1-12-9(11)7-4-2-3-5(7)6(3)8(4)10/h3-7H,2H2,1H3/t3-,4-,5+,6-,7+/m0/s1. The summed E-state index contributed by atoms with van der Waals surface area (Å²) in [6.45, 7) is 0. The van der Waals surface area contributed by atoms with Gasteiger partial charge in [-0.25, -0.2) is 0 Å². The largest absolute Gasteiger partial charge is 0.469 e. The Bertz CT molecular complexity index is 283. The van der Waals surface area contributed by atoms with Crippen molar-refractivity contribution in [1.29, 1.82) is 0 Å². The molecule has 3 heteroatoms. The molecule has 0 aromatic heterocycles. The van der Waals surface area contributed by atoms with Crippen LogP contribution < -0.4 is 0 Å². The number of Topliss-reactive ketones (excluding diaryl/α,β-unsaturated/α-hetero) is 1. The number of ether oxygens (including phenoxy) is 1. The van der Waals surface area contributed by atoms with Gasteiger partial charge in [-0.05, 0) is 18.3 Å². The van der Waals surface area contributed by atoms with Crippen LogP contribution in [0.25, 0.3) is 0 Å². The van der Waals surface area contributed by atoms with Gasteiger partial charge >= 0.3 is 5.97 Å². The molecule has 0 aromatic rings. The smallest absolute Gasteiger partial charge is 0.309 e. The molecule has 4 fully saturated rings. The summed E-state index contributed by atoms with van der Waals surface area (Å²) in [7, 11) is 1.40. The summed E-state index contributed by atoms with van der Waals surface area (Å²) in [4.78, 5) is 22.7. The van der Waals surface area contributed by atoms with Crippen LogP contribution in [0.3, 0.4) is 0 Å². The zero-order chi connectivity index (χ0) is 8.46. The highest BCUT2D eigenvalue weighted by atomic mass is 16.5. The van der Waals surface area contributed by atoms with Gasteiger partial charge in [-0.1, -0.05) is 0 Å². The maximum absolute atomic E-state index is 11.4. The molecule has 0 amide bonds. The molecule has 0 radical (unpaired) electrons. The van der Waals surface area contributed by atoms with E-state index >= 15 is 0 Å². The molecule has 4 aliphatic rings. The summed E-state index contributed by atoms with van der Waals surface area (Å²) in [5.41, 5.74) is 0. The molecule has 0 aromatic carbocycles. The summed E-state index contributed by atoms with van der Waals surface area (Å²) < 4.78 is 4.69. The molecule has 4 saturated carbocycles. The van der Waals surface area contributed by atoms with E-state index in [0.717, 1.165) is 6.42 Å². The predicted octanol–water partition coefficient (Wildman–Crippen LogP) is 0.240. The van der Waals surface area contributed by atoms with E-state index in [1.165, 1.54) is 7.11 Å². The van der Waals surface area contributed by atoms with Gasteiger partial charge < -0.3 is 4.74 Å². The van der Waals surface area contributed by atoms with E-state index < -0.39 is 0 Å². The number of esters is 1. The summed E-state index contributed by atoms with van der Waals surface area (Å²) in [6, 6.07) is 0. The molecule has 4 rings (SSSR count). The lowest BCUT2D eigenvalue weighted by Gasteiger charge is -2.09. The topological polar surface area (TPSA) is 43.4 Å². The highest BCUT2D eigenvalue weighted by molar-refractivity contribution is 5.98. The molecular formula is C9H10O3. The van der Waals surface area contributed by atoms with Crippen molar-refractivity contribution in [3.8, 4) is 0 Å². The monoisotopic (exact) mass is 166 g/mol. The third kappa shape index (κ3) is 0.490. The van der Waals surface area contributed by atoms with Crippen molar-refractivity contribution >= 4 is 11.8 Å². The molecule has 0 unspecified atom stereocenters. The van der Waals surface area contributed by atoms with Gasteiger partial charge in [0.15, 0.2) is 0 Å². The van der Waals surface area contributed by atoms with Crippen molar-refractivity contribution in [2.75, 3.05) is 7.11 Å². The quantitative estimate of drug-likeness (QED) is 0.524. The molecule has 12 heavy (non-hydrogen) atoms. The summed E-state index contributed by atoms with van der Waals surface area (Å²) in [6.07, 6.45) is 0.952. The molecule has 64 valence electrons. The van der Waals surface area contributed by atoms with E-state index in [2.05, 4.69) is 4.74 Å². The highest BCUT2D eigenvalue weighted by Crippen LogP contribution is 2.71. The maximum Gasteiger partial charge on any atom is 0.309 e. The van der Waals surface area contributed by atoms with Crippen LogP contribution >= 0.6 is 0 Å². The Labute approximate surface area is 70.1 Å². The third-order valence-corrected chi connectivity index (χ3v) is 3.77. The lowest BCUT2D eigenvalue weighted by Crippen LogP contribution is -2.21. The Hall–Kier alpha value is -0.860. The second-order valence-electron chi connectivity index (χ2n) is 4.06. The molecule has 0 N–H and O–H groups in total. The fourth-order valence-corrected chi connectivity index (χ4v) is 3.30. The van der Waals surface area contributed by atoms with E-state index in [4.69, 9.17) is 0 Å². The van der Waals surface area contributed by atoms with Gasteiger partial charge in [-0.3, -0.25) is 9.59 Å². The minimum atomic E-state index is -0.166. The van der Waals surface area contributed by atoms with Crippen molar-refractivity contribution < 1.29 is 14.3 Å². The number of hydrogen-bond acceptors (Lipinski definition) is 3. The first-order chi connectivity index (χ1) is 5.75. The average Bonchev–Trinajstić information content (AvgIpc) is 2.42. The zero-order valence-electron chi connectivity index (χ0n) is 6.82. The lowest BCUT2D eigenvalue weighted by molar-refractivity contribution is -0.147. The second kappa shape index (κ2) is 1.73. The van der Waals surface area contributed by atoms with Crippen molar-refractivity contribution in [2.45, 2.75) is 6.42 Å². The number of ketones is 1. The van der Waals surface area contributed by atoms with Gasteiger partial charge in [0.05, 0.1) is 13.0 Å². The molecular weight excluding hydrogens is 156 g/mol. The van der Waals surface area contributed by atoms with Crippen LogP contribution in [0.2, 0.25) is 0 Å². The Kier molecular flexibility index (Phi) is 0.955. The first kappa shape index (κ1) is 6.63. The number of carbonyl (C=O) groups excluding carboxylic acids is 2. The first-order valence-corrected chi connectivity index (χ1v) is 4.37. The fourth-order valence-electron chi connectivity index (χ4n) is 3.30. The van der Waals surface area contributed by atoms with Crippen molar-refractivity contribution in [3.05, 3.63) is 0 Å². The van der Waals surface area contributed by atoms with E-state index in [1.807, 2.05) is 0 Å². The summed E-state index contributed by atoms with van der Waals surface area (Å²) in [5.74, 6) is 1.29. The Balaban J connectivity index is 1.93. The Morgan fingerprint density at radius 3 is 2.67 bits per heavy atom. The SMILES string of the molecule is COC(=O)[C@H]1[C@@H]2[C@@H]3C[C@@H]1C(=O)[C@@H]32. The number of methoxy groups -OCH3 is 1. The molecule has 5 atom stereocenters. The van der Waals surface area contributed by atoms with Gasteiger partial charge in [-0.2, -0.15) is 0 Å². The summed E-state index contributed by atoms with van der Waals surface area (Å²) >= 11 is 0. The van der Waals surface area contributed by atoms with E-state index in [9.17, 15) is 9.59 Å². The molecule has 4 aliphatic carbocycles. The van der Waals surface area contributed by atoms with Crippen LogP contribution in [0.1, 0.15) is 6.42 Å². The minimum Gasteiger partial charge on any atom is -0.469 e. The average molecular weight is 166 g/mol. The van der Waals surface area contributed by atoms with Crippen LogP contribution in [0.5, 0.6) is 0 Å². The van der Waals surface area contributed by atoms with Crippen molar-refractivity contribution in [3.63, 3.8) is 0 Å². The molecule has 0 aliphatic heterocycles. The third-order valence-electron chi connectivity index (χ3n) is 3.77. The van der Waals surface area contributed by atoms with Crippen LogP contribution in [-0.4, -0.2) is 18.9 Å². The first-order valence-electron chi connectivity index (χ1n) is 4.37. The number of hydrogen-bond donors (Lipinski definition) is 0. The molecule has 0 heterocycles. The van der Waals surface area contributed by atoms with Gasteiger partial charge in [0.1, 0.15) is 5.78 Å². The Morgan fingerprint density at radius 1 is 1.58 bits per heavy atom. The second-order valence-corrected chi connectivity index (χ2v) is 4.06. The van der Waals surface area contributed by atoms with E-state index in [1.54, 1.807) is 0 Å². The minimum absolute atomic E-state index is 0.0254.